The van der Waals surface area contributed by atoms with Crippen LogP contribution in [-0.2, 0) is 9.59 Å². The zero-order valence-electron chi connectivity index (χ0n) is 25.1. The molecule has 6 aromatic rings. The third-order valence-corrected chi connectivity index (χ3v) is 6.43. The van der Waals surface area contributed by atoms with Crippen molar-refractivity contribution in [1.82, 2.24) is 25.3 Å². The number of rotatable bonds is 5. The number of hydrogen-bond acceptors (Lipinski definition) is 8. The molecule has 0 fully saturated rings. The lowest BCUT2D eigenvalue weighted by atomic mass is 9.97. The minimum atomic E-state index is -0.362. The maximum Gasteiger partial charge on any atom is 0.255 e. The third kappa shape index (κ3) is 6.51. The number of imidazole rings is 1. The van der Waals surface area contributed by atoms with E-state index in [0.29, 0.717) is 45.0 Å². The van der Waals surface area contributed by atoms with Gasteiger partial charge in [-0.15, -0.1) is 0 Å². The van der Waals surface area contributed by atoms with Crippen LogP contribution in [0.1, 0.15) is 24.2 Å². The quantitative estimate of drug-likeness (QED) is 0.236. The molecular weight excluding hydrogens is 563 g/mol. The van der Waals surface area contributed by atoms with Crippen LogP contribution in [0.15, 0.2) is 77.5 Å². The Morgan fingerprint density at radius 2 is 1.57 bits per heavy atom. The number of nitrogens with one attached hydrogen (secondary N) is 2. The number of amides is 1. The molecule has 11 heteroatoms. The fraction of sp³-hybridized carbons (Fsp3) is 0.152. The van der Waals surface area contributed by atoms with Crippen molar-refractivity contribution in [2.45, 2.75) is 13.8 Å². The van der Waals surface area contributed by atoms with Crippen LogP contribution in [0.5, 0.6) is 0 Å². The smallest absolute Gasteiger partial charge is 0.255 e. The number of carbonyl (C=O) groups excluding carboxylic acids is 3. The first kappa shape index (κ1) is 32.8. The van der Waals surface area contributed by atoms with Crippen LogP contribution < -0.4 is 10.2 Å². The van der Waals surface area contributed by atoms with E-state index in [1.165, 1.54) is 12.1 Å². The summed E-state index contributed by atoms with van der Waals surface area (Å²) in [5.41, 5.74) is 6.35. The normalized spacial score (nSPS) is 10.0. The lowest BCUT2D eigenvalue weighted by Gasteiger charge is -2.18. The molecule has 0 aliphatic heterocycles. The topological polar surface area (TPSA) is 134 Å². The monoisotopic (exact) mass is 596 g/mol. The molecular formula is C33H33FN6O4. The second-order valence-corrected chi connectivity index (χ2v) is 9.05. The Morgan fingerprint density at radius 1 is 0.909 bits per heavy atom. The third-order valence-electron chi connectivity index (χ3n) is 6.43. The number of hydrogen-bond donors (Lipinski definition) is 2. The number of aromatic nitrogens is 4. The standard InChI is InChI=1S/C29H23FN6O2.C2H6.2CH2O/c1-31-29(37)24-21-14-20(17-5-4-6-18(13-17)26-34-27-28(35-26)33-12-11-32-27)22(36(2)3)15-23(21)38-25(24)16-7-9-19(30)10-8-16;3*1-2/h4-15H,1-3H3,(H,31,37)(H,32,33,34,35);1-2H3;2*1H2. The molecule has 0 spiro atoms. The van der Waals surface area contributed by atoms with Gasteiger partial charge in [-0.1, -0.05) is 32.0 Å². The van der Waals surface area contributed by atoms with Gasteiger partial charge < -0.3 is 29.2 Å². The van der Waals surface area contributed by atoms with Crippen molar-refractivity contribution in [3.05, 3.63) is 84.4 Å². The van der Waals surface area contributed by atoms with Gasteiger partial charge in [-0.2, -0.15) is 0 Å². The molecule has 1 amide bonds. The average Bonchev–Trinajstić information content (AvgIpc) is 3.69. The number of halogens is 1. The average molecular weight is 597 g/mol. The van der Waals surface area contributed by atoms with Crippen molar-refractivity contribution in [3.8, 4) is 33.8 Å². The van der Waals surface area contributed by atoms with E-state index < -0.39 is 0 Å². The Hall–Kier alpha value is -5.71. The van der Waals surface area contributed by atoms with E-state index in [2.05, 4.69) is 25.3 Å². The molecule has 0 saturated carbocycles. The van der Waals surface area contributed by atoms with Gasteiger partial charge in [0.1, 0.15) is 36.6 Å². The summed E-state index contributed by atoms with van der Waals surface area (Å²) >= 11 is 0. The maximum atomic E-state index is 13.6. The molecule has 0 unspecified atom stereocenters. The summed E-state index contributed by atoms with van der Waals surface area (Å²) < 4.78 is 19.8. The van der Waals surface area contributed by atoms with Gasteiger partial charge in [-0.3, -0.25) is 4.79 Å². The van der Waals surface area contributed by atoms with E-state index in [1.54, 1.807) is 31.6 Å². The number of nitrogens with zero attached hydrogens (tertiary/aromatic N) is 4. The van der Waals surface area contributed by atoms with Gasteiger partial charge in [0.15, 0.2) is 11.3 Å². The van der Waals surface area contributed by atoms with E-state index in [1.807, 2.05) is 82.8 Å². The molecule has 0 bridgehead atoms. The minimum absolute atomic E-state index is 0.289. The molecule has 44 heavy (non-hydrogen) atoms. The van der Waals surface area contributed by atoms with Crippen LogP contribution in [0.25, 0.3) is 56.1 Å². The molecule has 3 aromatic carbocycles. The second kappa shape index (κ2) is 15.0. The summed E-state index contributed by atoms with van der Waals surface area (Å²) in [5, 5.41) is 3.37. The van der Waals surface area contributed by atoms with Gasteiger partial charge in [0.05, 0.1) is 5.56 Å². The molecule has 0 aliphatic carbocycles. The fourth-order valence-corrected chi connectivity index (χ4v) is 4.61. The van der Waals surface area contributed by atoms with Gasteiger partial charge in [-0.05, 0) is 42.0 Å². The second-order valence-electron chi connectivity index (χ2n) is 9.05. The van der Waals surface area contributed by atoms with E-state index >= 15 is 0 Å². The molecule has 3 heterocycles. The van der Waals surface area contributed by atoms with E-state index in [-0.39, 0.29) is 11.7 Å². The van der Waals surface area contributed by atoms with Crippen LogP contribution in [-0.4, -0.2) is 60.6 Å². The van der Waals surface area contributed by atoms with Crippen LogP contribution in [0.3, 0.4) is 0 Å². The maximum absolute atomic E-state index is 13.6. The highest BCUT2D eigenvalue weighted by Crippen LogP contribution is 2.41. The summed E-state index contributed by atoms with van der Waals surface area (Å²) in [6.45, 7) is 8.00. The number of aromatic amines is 1. The summed E-state index contributed by atoms with van der Waals surface area (Å²) in [5.74, 6) is 0.396. The molecule has 0 radical (unpaired) electrons. The van der Waals surface area contributed by atoms with Crippen molar-refractivity contribution in [2.75, 3.05) is 26.0 Å². The number of carbonyl (C=O) groups is 3. The summed E-state index contributed by atoms with van der Waals surface area (Å²) in [6.07, 6.45) is 3.23. The molecule has 226 valence electrons. The van der Waals surface area contributed by atoms with E-state index in [9.17, 15) is 9.18 Å². The van der Waals surface area contributed by atoms with Crippen molar-refractivity contribution in [3.63, 3.8) is 0 Å². The number of furan rings is 1. The number of H-pyrrole nitrogens is 1. The summed E-state index contributed by atoms with van der Waals surface area (Å²) in [4.78, 5) is 47.4. The Labute approximate surface area is 254 Å². The first-order valence-electron chi connectivity index (χ1n) is 13.5. The first-order chi connectivity index (χ1) is 21.4. The Kier molecular flexibility index (Phi) is 11.2. The summed E-state index contributed by atoms with van der Waals surface area (Å²) in [6, 6.07) is 17.8. The SMILES string of the molecule is C=O.C=O.CC.CNC(=O)c1c(-c2ccc(F)cc2)oc2cc(N(C)C)c(-c3cccc(-c4nc5nccnc5[nH]4)c3)cc12. The zero-order chi connectivity index (χ0) is 32.4. The highest BCUT2D eigenvalue weighted by atomic mass is 19.1. The lowest BCUT2D eigenvalue weighted by Crippen LogP contribution is -2.18. The number of benzene rings is 3. The van der Waals surface area contributed by atoms with Crippen molar-refractivity contribution in [1.29, 1.82) is 0 Å². The molecule has 0 atom stereocenters. The molecule has 0 aliphatic rings. The highest BCUT2D eigenvalue weighted by molar-refractivity contribution is 6.13. The Morgan fingerprint density at radius 3 is 2.20 bits per heavy atom. The van der Waals surface area contributed by atoms with Gasteiger partial charge in [0, 0.05) is 67.4 Å². The van der Waals surface area contributed by atoms with Gasteiger partial charge in [-0.25, -0.2) is 19.3 Å². The van der Waals surface area contributed by atoms with Crippen molar-refractivity contribution < 1.29 is 23.2 Å². The highest BCUT2D eigenvalue weighted by Gasteiger charge is 2.24. The molecule has 0 saturated heterocycles. The lowest BCUT2D eigenvalue weighted by molar-refractivity contribution is -0.0987. The zero-order valence-corrected chi connectivity index (χ0v) is 25.1. The predicted octanol–water partition coefficient (Wildman–Crippen LogP) is 6.32. The summed E-state index contributed by atoms with van der Waals surface area (Å²) in [7, 11) is 5.48. The Bertz CT molecular complexity index is 1830. The number of anilines is 1. The number of fused-ring (bicyclic) bond motifs is 2. The molecule has 2 N–H and O–H groups in total. The van der Waals surface area contributed by atoms with E-state index in [4.69, 9.17) is 14.0 Å². The molecule has 10 nitrogen and oxygen atoms in total. The molecule has 3 aromatic heterocycles. The van der Waals surface area contributed by atoms with Crippen LogP contribution in [0.2, 0.25) is 0 Å². The van der Waals surface area contributed by atoms with Gasteiger partial charge in [0.2, 0.25) is 0 Å². The Balaban J connectivity index is 0.000000832. The first-order valence-corrected chi connectivity index (χ1v) is 13.5. The largest absolute Gasteiger partial charge is 0.455 e. The van der Waals surface area contributed by atoms with Crippen LogP contribution in [0, 0.1) is 5.82 Å². The van der Waals surface area contributed by atoms with Gasteiger partial charge in [0.25, 0.3) is 5.91 Å². The van der Waals surface area contributed by atoms with E-state index in [0.717, 1.165) is 22.4 Å². The van der Waals surface area contributed by atoms with Crippen LogP contribution in [0.4, 0.5) is 10.1 Å². The van der Waals surface area contributed by atoms with Crippen LogP contribution >= 0.6 is 0 Å². The minimum Gasteiger partial charge on any atom is -0.455 e. The molecule has 6 rings (SSSR count). The predicted molar refractivity (Wildman–Crippen MR) is 171 cm³/mol. The fourth-order valence-electron chi connectivity index (χ4n) is 4.61. The van der Waals surface area contributed by atoms with Gasteiger partial charge >= 0.3 is 0 Å². The van der Waals surface area contributed by atoms with Crippen molar-refractivity contribution >= 4 is 47.4 Å². The van der Waals surface area contributed by atoms with Crippen molar-refractivity contribution in [2.24, 2.45) is 0 Å².